The van der Waals surface area contributed by atoms with Gasteiger partial charge in [-0.3, -0.25) is 0 Å². The van der Waals surface area contributed by atoms with Gasteiger partial charge in [0.1, 0.15) is 23.0 Å². The van der Waals surface area contributed by atoms with Gasteiger partial charge in [0.15, 0.2) is 5.60 Å². The molecule has 2 aliphatic heterocycles. The first-order valence-corrected chi connectivity index (χ1v) is 14.0. The molecule has 222 valence electrons. The number of ether oxygens (including phenoxy) is 4. The van der Waals surface area contributed by atoms with Crippen LogP contribution in [0.1, 0.15) is 67.1 Å². The first-order valence-electron chi connectivity index (χ1n) is 14.0. The summed E-state index contributed by atoms with van der Waals surface area (Å²) in [6.45, 7) is 7.02. The highest BCUT2D eigenvalue weighted by Crippen LogP contribution is 2.57. The number of aromatic hydroxyl groups is 2. The van der Waals surface area contributed by atoms with Gasteiger partial charge < -0.3 is 39.8 Å². The third kappa shape index (κ3) is 5.73. The van der Waals surface area contributed by atoms with Gasteiger partial charge in [0, 0.05) is 54.8 Å². The maximum Gasteiger partial charge on any atom is 0.340 e. The summed E-state index contributed by atoms with van der Waals surface area (Å²) in [5.41, 5.74) is 0.560. The van der Waals surface area contributed by atoms with E-state index in [-0.39, 0.29) is 23.2 Å². The fourth-order valence-electron chi connectivity index (χ4n) is 5.34. The van der Waals surface area contributed by atoms with E-state index in [1.807, 2.05) is 20.8 Å². The monoisotopic (exact) mass is 576 g/mol. The first-order chi connectivity index (χ1) is 20.0. The second-order valence-corrected chi connectivity index (χ2v) is 11.2. The molecule has 42 heavy (non-hydrogen) atoms. The van der Waals surface area contributed by atoms with Gasteiger partial charge in [0.25, 0.3) is 0 Å². The van der Waals surface area contributed by atoms with Crippen molar-refractivity contribution < 1.29 is 38.7 Å². The van der Waals surface area contributed by atoms with Gasteiger partial charge in [0.2, 0.25) is 0 Å². The Kier molecular flexibility index (Phi) is 8.03. The van der Waals surface area contributed by atoms with Crippen LogP contribution in [0.15, 0.2) is 54.6 Å². The van der Waals surface area contributed by atoms with Crippen molar-refractivity contribution in [3.63, 3.8) is 0 Å². The number of nitrogens with one attached hydrogen (secondary N) is 2. The number of carbonyl (C=O) groups excluding carboxylic acids is 2. The zero-order valence-corrected chi connectivity index (χ0v) is 24.2. The minimum Gasteiger partial charge on any atom is -0.508 e. The molecule has 4 N–H and O–H groups in total. The molecule has 0 saturated carbocycles. The lowest BCUT2D eigenvalue weighted by atomic mass is 9.77. The lowest BCUT2D eigenvalue weighted by Crippen LogP contribution is -2.35. The van der Waals surface area contributed by atoms with E-state index in [1.54, 1.807) is 37.4 Å². The average molecular weight is 577 g/mol. The Labute approximate surface area is 244 Å². The molecule has 2 amide bonds. The molecule has 3 aromatic rings. The van der Waals surface area contributed by atoms with Crippen LogP contribution in [-0.2, 0) is 19.8 Å². The number of hydrogen-bond acceptors (Lipinski definition) is 8. The zero-order valence-electron chi connectivity index (χ0n) is 24.2. The van der Waals surface area contributed by atoms with Gasteiger partial charge in [-0.05, 0) is 76.4 Å². The second-order valence-electron chi connectivity index (χ2n) is 11.2. The first kappa shape index (κ1) is 29.2. The van der Waals surface area contributed by atoms with E-state index in [9.17, 15) is 19.8 Å². The third-order valence-electron chi connectivity index (χ3n) is 7.69. The minimum absolute atomic E-state index is 0.0192. The molecule has 0 saturated heterocycles. The third-order valence-corrected chi connectivity index (χ3v) is 7.69. The number of anilines is 1. The number of esters is 1. The Morgan fingerprint density at radius 3 is 2.29 bits per heavy atom. The highest BCUT2D eigenvalue weighted by atomic mass is 16.6. The van der Waals surface area contributed by atoms with E-state index >= 15 is 0 Å². The lowest BCUT2D eigenvalue weighted by Gasteiger charge is -2.36. The van der Waals surface area contributed by atoms with Gasteiger partial charge in [-0.1, -0.05) is 6.07 Å². The van der Waals surface area contributed by atoms with Crippen molar-refractivity contribution in [3.05, 3.63) is 76.9 Å². The SMILES string of the molecule is COC(C)CCCOC(C)(C)CCNC(=O)Nc1ccc2c(c1)C(=O)OC21c2ccc(O)cc2Oc2cc(O)ccc21. The average Bonchev–Trinajstić information content (AvgIpc) is 3.22. The quantitative estimate of drug-likeness (QED) is 0.176. The number of urea groups is 1. The van der Waals surface area contributed by atoms with Crippen LogP contribution in [0.2, 0.25) is 0 Å². The van der Waals surface area contributed by atoms with Gasteiger partial charge in [-0.25, -0.2) is 9.59 Å². The van der Waals surface area contributed by atoms with Crippen LogP contribution in [0.25, 0.3) is 0 Å². The molecule has 1 spiro atoms. The highest BCUT2D eigenvalue weighted by Gasteiger charge is 2.53. The Balaban J connectivity index is 1.29. The van der Waals surface area contributed by atoms with Crippen LogP contribution in [0, 0.1) is 0 Å². The van der Waals surface area contributed by atoms with Gasteiger partial charge in [-0.2, -0.15) is 0 Å². The number of phenolic OH excluding ortho intramolecular Hbond substituents is 2. The summed E-state index contributed by atoms with van der Waals surface area (Å²) < 4.78 is 23.3. The van der Waals surface area contributed by atoms with Crippen molar-refractivity contribution in [1.29, 1.82) is 0 Å². The van der Waals surface area contributed by atoms with Crippen molar-refractivity contribution in [2.24, 2.45) is 0 Å². The van der Waals surface area contributed by atoms with Crippen molar-refractivity contribution in [2.75, 3.05) is 25.6 Å². The Hall–Kier alpha value is -4.28. The van der Waals surface area contributed by atoms with Gasteiger partial charge in [0.05, 0.1) is 17.3 Å². The number of benzene rings is 3. The van der Waals surface area contributed by atoms with Crippen molar-refractivity contribution in [3.8, 4) is 23.0 Å². The van der Waals surface area contributed by atoms with Crippen LogP contribution in [0.4, 0.5) is 10.5 Å². The molecule has 0 fully saturated rings. The smallest absolute Gasteiger partial charge is 0.340 e. The maximum atomic E-state index is 13.3. The van der Waals surface area contributed by atoms with E-state index in [1.165, 1.54) is 24.3 Å². The van der Waals surface area contributed by atoms with E-state index in [0.29, 0.717) is 53.4 Å². The molecule has 0 bridgehead atoms. The number of fused-ring (bicyclic) bond motifs is 6. The number of carbonyl (C=O) groups is 2. The molecule has 2 aliphatic rings. The lowest BCUT2D eigenvalue weighted by molar-refractivity contribution is -0.0279. The summed E-state index contributed by atoms with van der Waals surface area (Å²) in [6, 6.07) is 13.8. The molecule has 3 aromatic carbocycles. The maximum absolute atomic E-state index is 13.3. The zero-order chi connectivity index (χ0) is 30.1. The molecule has 1 unspecified atom stereocenters. The second kappa shape index (κ2) is 11.5. The topological polar surface area (TPSA) is 136 Å². The molecule has 0 aliphatic carbocycles. The van der Waals surface area contributed by atoms with Crippen molar-refractivity contribution in [1.82, 2.24) is 5.32 Å². The summed E-state index contributed by atoms with van der Waals surface area (Å²) in [7, 11) is 1.70. The number of hydrogen-bond donors (Lipinski definition) is 4. The highest BCUT2D eigenvalue weighted by molar-refractivity contribution is 5.99. The number of rotatable bonds is 10. The Bertz CT molecular complexity index is 1450. The fraction of sp³-hybridized carbons (Fsp3) is 0.375. The summed E-state index contributed by atoms with van der Waals surface area (Å²) in [5, 5.41) is 25.8. The molecule has 0 aromatic heterocycles. The summed E-state index contributed by atoms with van der Waals surface area (Å²) in [4.78, 5) is 25.9. The minimum atomic E-state index is -1.36. The molecule has 0 radical (unpaired) electrons. The van der Waals surface area contributed by atoms with Crippen LogP contribution >= 0.6 is 0 Å². The Morgan fingerprint density at radius 2 is 1.64 bits per heavy atom. The summed E-state index contributed by atoms with van der Waals surface area (Å²) in [5.74, 6) is -0.0186. The molecule has 1 atom stereocenters. The predicted octanol–water partition coefficient (Wildman–Crippen LogP) is 5.79. The number of phenols is 2. The standard InChI is InChI=1S/C32H36N2O8/c1-19(39-4)6-5-15-40-31(2,3)13-14-33-30(38)34-20-7-10-24-23(16-20)29(37)42-32(24)25-11-8-21(35)17-27(25)41-28-18-22(36)9-12-26(28)32/h7-12,16-19,35-36H,5-6,13-15H2,1-4H3,(H2,33,34,38). The van der Waals surface area contributed by atoms with Gasteiger partial charge >= 0.3 is 12.0 Å². The molecular weight excluding hydrogens is 540 g/mol. The van der Waals surface area contributed by atoms with E-state index in [0.717, 1.165) is 12.8 Å². The molecule has 10 heteroatoms. The molecule has 10 nitrogen and oxygen atoms in total. The van der Waals surface area contributed by atoms with Crippen LogP contribution in [-0.4, -0.2) is 54.2 Å². The van der Waals surface area contributed by atoms with Crippen LogP contribution in [0.3, 0.4) is 0 Å². The fourth-order valence-corrected chi connectivity index (χ4v) is 5.34. The Morgan fingerprint density at radius 1 is 1.00 bits per heavy atom. The summed E-state index contributed by atoms with van der Waals surface area (Å²) >= 11 is 0. The molecular formula is C32H36N2O8. The summed E-state index contributed by atoms with van der Waals surface area (Å²) in [6.07, 6.45) is 2.62. The van der Waals surface area contributed by atoms with E-state index in [4.69, 9.17) is 18.9 Å². The van der Waals surface area contributed by atoms with Crippen molar-refractivity contribution in [2.45, 2.75) is 57.3 Å². The molecule has 2 heterocycles. The van der Waals surface area contributed by atoms with E-state index in [2.05, 4.69) is 10.6 Å². The predicted molar refractivity (Wildman–Crippen MR) is 155 cm³/mol. The largest absolute Gasteiger partial charge is 0.508 e. The normalized spacial score (nSPS) is 15.2. The van der Waals surface area contributed by atoms with E-state index < -0.39 is 23.2 Å². The number of amides is 2. The van der Waals surface area contributed by atoms with Gasteiger partial charge in [-0.15, -0.1) is 0 Å². The van der Waals surface area contributed by atoms with Crippen LogP contribution < -0.4 is 15.4 Å². The molecule has 5 rings (SSSR count). The van der Waals surface area contributed by atoms with Crippen molar-refractivity contribution >= 4 is 17.7 Å². The number of methoxy groups -OCH3 is 1. The van der Waals surface area contributed by atoms with Crippen LogP contribution in [0.5, 0.6) is 23.0 Å².